The second-order valence-corrected chi connectivity index (χ2v) is 16.3. The Morgan fingerprint density at radius 1 is 0.976 bits per heavy atom. The summed E-state index contributed by atoms with van der Waals surface area (Å²) in [7, 11) is 0. The molecule has 7 heteroatoms. The highest BCUT2D eigenvalue weighted by molar-refractivity contribution is 5.96. The smallest absolute Gasteiger partial charge is 0.313 e. The molecule has 9 atom stereocenters. The van der Waals surface area contributed by atoms with Gasteiger partial charge in [-0.3, -0.25) is 9.59 Å². The third-order valence-corrected chi connectivity index (χ3v) is 14.5. The van der Waals surface area contributed by atoms with Crippen LogP contribution in [0, 0.1) is 33.5 Å². The number of hydrogen-bond donors (Lipinski definition) is 2. The maximum absolute atomic E-state index is 14.7. The second kappa shape index (κ2) is 9.17. The van der Waals surface area contributed by atoms with Gasteiger partial charge in [0, 0.05) is 24.0 Å². The molecule has 9 unspecified atom stereocenters. The quantitative estimate of drug-likeness (QED) is 0.439. The molecule has 1 amide bonds. The Morgan fingerprint density at radius 2 is 1.74 bits per heavy atom. The fraction of sp³-hybridized carbons (Fsp3) is 0.829. The van der Waals surface area contributed by atoms with Gasteiger partial charge in [-0.05, 0) is 94.8 Å². The van der Waals surface area contributed by atoms with Crippen molar-refractivity contribution in [2.45, 2.75) is 129 Å². The molecule has 2 bridgehead atoms. The van der Waals surface area contributed by atoms with Crippen molar-refractivity contribution in [3.05, 3.63) is 23.3 Å². The van der Waals surface area contributed by atoms with Gasteiger partial charge in [-0.2, -0.15) is 0 Å². The highest BCUT2D eigenvalue weighted by Gasteiger charge is 2.76. The zero-order valence-corrected chi connectivity index (χ0v) is 26.3. The van der Waals surface area contributed by atoms with Crippen molar-refractivity contribution >= 4 is 11.9 Å². The van der Waals surface area contributed by atoms with Crippen LogP contribution in [0.2, 0.25) is 0 Å². The van der Waals surface area contributed by atoms with Crippen LogP contribution in [-0.2, 0) is 19.1 Å². The average molecular weight is 582 g/mol. The number of aliphatic hydroxyl groups excluding tert-OH is 1. The molecule has 2 aliphatic heterocycles. The van der Waals surface area contributed by atoms with Gasteiger partial charge >= 0.3 is 5.97 Å². The van der Waals surface area contributed by atoms with Gasteiger partial charge in [0.05, 0.1) is 29.8 Å². The van der Waals surface area contributed by atoms with E-state index in [1.165, 1.54) is 11.1 Å². The van der Waals surface area contributed by atoms with Crippen molar-refractivity contribution in [1.29, 1.82) is 0 Å². The van der Waals surface area contributed by atoms with E-state index in [2.05, 4.69) is 26.0 Å². The lowest BCUT2D eigenvalue weighted by molar-refractivity contribution is -0.179. The number of allylic oxidation sites excluding steroid dienone is 3. The highest BCUT2D eigenvalue weighted by atomic mass is 16.6. The fourth-order valence-electron chi connectivity index (χ4n) is 10.9. The molecule has 7 rings (SSSR count). The predicted molar refractivity (Wildman–Crippen MR) is 158 cm³/mol. The molecule has 5 aliphatic carbocycles. The van der Waals surface area contributed by atoms with Gasteiger partial charge in [0.2, 0.25) is 0 Å². The topological polar surface area (TPSA) is 96.3 Å². The molecule has 4 saturated carbocycles. The van der Waals surface area contributed by atoms with Crippen molar-refractivity contribution in [2.24, 2.45) is 33.5 Å². The first-order valence-corrected chi connectivity index (χ1v) is 16.7. The molecule has 42 heavy (non-hydrogen) atoms. The Labute approximate surface area is 251 Å². The van der Waals surface area contributed by atoms with E-state index in [1.807, 2.05) is 25.7 Å². The molecule has 232 valence electrons. The Kier molecular flexibility index (Phi) is 6.34. The second-order valence-electron chi connectivity index (χ2n) is 16.3. The van der Waals surface area contributed by atoms with Crippen molar-refractivity contribution in [2.75, 3.05) is 19.7 Å². The molecule has 2 saturated heterocycles. The van der Waals surface area contributed by atoms with Gasteiger partial charge in [-0.15, -0.1) is 0 Å². The summed E-state index contributed by atoms with van der Waals surface area (Å²) in [5, 5.41) is 23.0. The maximum Gasteiger partial charge on any atom is 0.313 e. The largest absolute Gasteiger partial charge is 0.448 e. The molecule has 2 heterocycles. The van der Waals surface area contributed by atoms with Crippen LogP contribution >= 0.6 is 0 Å². The molecule has 0 radical (unpaired) electrons. The van der Waals surface area contributed by atoms with Crippen molar-refractivity contribution in [1.82, 2.24) is 4.90 Å². The van der Waals surface area contributed by atoms with E-state index in [0.29, 0.717) is 38.3 Å². The lowest BCUT2D eigenvalue weighted by Crippen LogP contribution is -2.62. The molecular weight excluding hydrogens is 530 g/mol. The predicted octanol–water partition coefficient (Wildman–Crippen LogP) is 5.09. The average Bonchev–Trinajstić information content (AvgIpc) is 3.63. The van der Waals surface area contributed by atoms with Crippen molar-refractivity contribution < 1.29 is 29.3 Å². The minimum absolute atomic E-state index is 0.0612. The maximum atomic E-state index is 14.7. The van der Waals surface area contributed by atoms with E-state index in [9.17, 15) is 19.8 Å². The van der Waals surface area contributed by atoms with Gasteiger partial charge in [0.1, 0.15) is 0 Å². The molecule has 7 nitrogen and oxygen atoms in total. The summed E-state index contributed by atoms with van der Waals surface area (Å²) < 4.78 is 12.1. The van der Waals surface area contributed by atoms with Gasteiger partial charge in [0.25, 0.3) is 5.91 Å². The van der Waals surface area contributed by atoms with Crippen LogP contribution in [0.15, 0.2) is 23.3 Å². The van der Waals surface area contributed by atoms with Gasteiger partial charge < -0.3 is 24.6 Å². The van der Waals surface area contributed by atoms with E-state index in [4.69, 9.17) is 9.47 Å². The Morgan fingerprint density at radius 3 is 2.40 bits per heavy atom. The summed E-state index contributed by atoms with van der Waals surface area (Å²) in [5.41, 5.74) is -0.973. The van der Waals surface area contributed by atoms with Crippen LogP contribution in [0.1, 0.15) is 105 Å². The number of fused-ring (bicyclic) bond motifs is 7. The molecule has 6 fully saturated rings. The number of hydrogen-bond acceptors (Lipinski definition) is 6. The summed E-state index contributed by atoms with van der Waals surface area (Å²) in [4.78, 5) is 29.6. The molecule has 2 N–H and O–H groups in total. The number of amides is 1. The molecular formula is C35H51NO6. The number of aliphatic hydroxyl groups is 2. The summed E-state index contributed by atoms with van der Waals surface area (Å²) in [6, 6.07) is 0. The lowest BCUT2D eigenvalue weighted by Gasteiger charge is -2.56. The van der Waals surface area contributed by atoms with E-state index < -0.39 is 22.0 Å². The molecule has 0 aromatic heterocycles. The number of rotatable bonds is 5. The Balaban J connectivity index is 1.20. The van der Waals surface area contributed by atoms with Crippen molar-refractivity contribution in [3.63, 3.8) is 0 Å². The molecule has 0 aromatic carbocycles. The number of nitrogens with zero attached hydrogens (tertiary/aromatic N) is 1. The van der Waals surface area contributed by atoms with Crippen LogP contribution < -0.4 is 0 Å². The van der Waals surface area contributed by atoms with Crippen LogP contribution in [0.25, 0.3) is 0 Å². The first kappa shape index (κ1) is 29.0. The number of esters is 1. The summed E-state index contributed by atoms with van der Waals surface area (Å²) in [5.74, 6) is 0.291. The summed E-state index contributed by atoms with van der Waals surface area (Å²) >= 11 is 0. The van der Waals surface area contributed by atoms with E-state index >= 15 is 0 Å². The fourth-order valence-corrected chi connectivity index (χ4v) is 10.9. The lowest BCUT2D eigenvalue weighted by atomic mass is 9.50. The molecule has 0 aromatic rings. The van der Waals surface area contributed by atoms with Crippen LogP contribution in [-0.4, -0.2) is 70.1 Å². The Bertz CT molecular complexity index is 1250. The third kappa shape index (κ3) is 3.56. The zero-order chi connectivity index (χ0) is 29.9. The SMILES string of the molecule is CC12CCC(O)CC1=CC=C1C2CCC2(C)C1CCC2(O)CN(CC1CCCO1)C(=O)C12CCC(C)(C(=O)O1)C2(C)C. The number of carbonyl (C=O) groups is 2. The highest BCUT2D eigenvalue weighted by Crippen LogP contribution is 2.68. The molecule has 7 aliphatic rings. The van der Waals surface area contributed by atoms with E-state index in [0.717, 1.165) is 51.4 Å². The van der Waals surface area contributed by atoms with Crippen LogP contribution in [0.3, 0.4) is 0 Å². The number of ether oxygens (including phenoxy) is 2. The van der Waals surface area contributed by atoms with Crippen molar-refractivity contribution in [3.8, 4) is 0 Å². The van der Waals surface area contributed by atoms with Gasteiger partial charge in [-0.25, -0.2) is 0 Å². The normalized spacial score (nSPS) is 48.6. The molecule has 0 spiro atoms. The monoisotopic (exact) mass is 581 g/mol. The van der Waals surface area contributed by atoms with Gasteiger partial charge in [0.15, 0.2) is 5.60 Å². The first-order chi connectivity index (χ1) is 19.7. The summed E-state index contributed by atoms with van der Waals surface area (Å²) in [6.07, 6.45) is 13.4. The first-order valence-electron chi connectivity index (χ1n) is 16.7. The summed E-state index contributed by atoms with van der Waals surface area (Å²) in [6.45, 7) is 12.0. The minimum Gasteiger partial charge on any atom is -0.448 e. The van der Waals surface area contributed by atoms with E-state index in [1.54, 1.807) is 0 Å². The van der Waals surface area contributed by atoms with Gasteiger partial charge in [-0.1, -0.05) is 51.0 Å². The Hall–Kier alpha value is -1.70. The van der Waals surface area contributed by atoms with E-state index in [-0.39, 0.29) is 47.4 Å². The van der Waals surface area contributed by atoms with Crippen LogP contribution in [0.4, 0.5) is 0 Å². The van der Waals surface area contributed by atoms with Crippen LogP contribution in [0.5, 0.6) is 0 Å². The standard InChI is InChI=1S/C35H51NO6/c1-30(2)33(5)16-17-35(30,42-29(33)39)28(38)36(20-24-7-6-18-41-24)21-34(40)15-12-27-25-9-8-22-19-23(37)10-13-31(22,3)26(25)11-14-32(27,34)4/h8-9,23-24,26-27,37,40H,6-7,10-21H2,1-5H3. The zero-order valence-electron chi connectivity index (χ0n) is 26.3. The minimum atomic E-state index is -1.20. The number of carbonyl (C=O) groups excluding carboxylic acids is 2. The third-order valence-electron chi connectivity index (χ3n) is 14.5.